The summed E-state index contributed by atoms with van der Waals surface area (Å²) in [6.07, 6.45) is 0. The highest BCUT2D eigenvalue weighted by Crippen LogP contribution is 2.14. The van der Waals surface area contributed by atoms with E-state index >= 15 is 0 Å². The zero-order valence-corrected chi connectivity index (χ0v) is 11.3. The Morgan fingerprint density at radius 1 is 1.00 bits per heavy atom. The van der Waals surface area contributed by atoms with Gasteiger partial charge in [-0.05, 0) is 42.3 Å². The lowest BCUT2D eigenvalue weighted by Crippen LogP contribution is -2.18. The van der Waals surface area contributed by atoms with Gasteiger partial charge >= 0.3 is 0 Å². The summed E-state index contributed by atoms with van der Waals surface area (Å²) >= 11 is 0. The van der Waals surface area contributed by atoms with Crippen LogP contribution in [0.4, 0.5) is 0 Å². The minimum Gasteiger partial charge on any atom is -0.306 e. The Hall–Kier alpha value is -2.62. The van der Waals surface area contributed by atoms with Crippen LogP contribution in [0, 0.1) is 22.7 Å². The zero-order chi connectivity index (χ0) is 14.4. The number of hydrogen-bond donors (Lipinski definition) is 1. The SMILES string of the molecule is CC(NCc1ccc(C#N)cc1)c1cccc(C#N)c1. The van der Waals surface area contributed by atoms with E-state index in [1.165, 1.54) is 0 Å². The highest BCUT2D eigenvalue weighted by molar-refractivity contribution is 5.34. The molecule has 1 N–H and O–H groups in total. The second-order valence-electron chi connectivity index (χ2n) is 4.65. The molecule has 0 saturated heterocycles. The lowest BCUT2D eigenvalue weighted by Gasteiger charge is -2.14. The third-order valence-electron chi connectivity index (χ3n) is 3.21. The molecule has 0 spiro atoms. The van der Waals surface area contributed by atoms with Gasteiger partial charge in [0.1, 0.15) is 0 Å². The normalized spacial score (nSPS) is 11.3. The molecule has 0 heterocycles. The van der Waals surface area contributed by atoms with Crippen molar-refractivity contribution in [3.05, 3.63) is 70.8 Å². The molecule has 3 nitrogen and oxygen atoms in total. The van der Waals surface area contributed by atoms with E-state index in [-0.39, 0.29) is 6.04 Å². The zero-order valence-electron chi connectivity index (χ0n) is 11.3. The standard InChI is InChI=1S/C17H15N3/c1-13(17-4-2-3-16(9-17)11-19)20-12-15-7-5-14(10-18)6-8-15/h2-9,13,20H,12H2,1H3. The van der Waals surface area contributed by atoms with Gasteiger partial charge in [-0.15, -0.1) is 0 Å². The molecule has 0 aliphatic carbocycles. The maximum absolute atomic E-state index is 8.90. The van der Waals surface area contributed by atoms with E-state index in [0.717, 1.165) is 17.7 Å². The lowest BCUT2D eigenvalue weighted by molar-refractivity contribution is 0.574. The first-order chi connectivity index (χ1) is 9.72. The summed E-state index contributed by atoms with van der Waals surface area (Å²) in [6.45, 7) is 2.80. The molecule has 0 fully saturated rings. The van der Waals surface area contributed by atoms with E-state index in [4.69, 9.17) is 10.5 Å². The van der Waals surface area contributed by atoms with Gasteiger partial charge in [0, 0.05) is 12.6 Å². The van der Waals surface area contributed by atoms with Crippen LogP contribution in [0.1, 0.15) is 35.2 Å². The van der Waals surface area contributed by atoms with Crippen molar-refractivity contribution in [2.75, 3.05) is 0 Å². The van der Waals surface area contributed by atoms with Crippen molar-refractivity contribution in [2.24, 2.45) is 0 Å². The van der Waals surface area contributed by atoms with Gasteiger partial charge in [-0.3, -0.25) is 0 Å². The third kappa shape index (κ3) is 3.45. The smallest absolute Gasteiger partial charge is 0.0991 e. The van der Waals surface area contributed by atoms with Crippen LogP contribution in [0.25, 0.3) is 0 Å². The monoisotopic (exact) mass is 261 g/mol. The molecule has 0 radical (unpaired) electrons. The van der Waals surface area contributed by atoms with Gasteiger partial charge in [0.2, 0.25) is 0 Å². The van der Waals surface area contributed by atoms with Crippen LogP contribution in [0.5, 0.6) is 0 Å². The number of benzene rings is 2. The van der Waals surface area contributed by atoms with Gasteiger partial charge in [-0.2, -0.15) is 10.5 Å². The van der Waals surface area contributed by atoms with Crippen molar-refractivity contribution in [3.8, 4) is 12.1 Å². The number of hydrogen-bond acceptors (Lipinski definition) is 3. The maximum atomic E-state index is 8.90. The van der Waals surface area contributed by atoms with E-state index in [9.17, 15) is 0 Å². The minimum absolute atomic E-state index is 0.166. The van der Waals surface area contributed by atoms with Crippen LogP contribution in [-0.2, 0) is 6.54 Å². The number of nitrogens with zero attached hydrogens (tertiary/aromatic N) is 2. The molecule has 0 bridgehead atoms. The van der Waals surface area contributed by atoms with E-state index in [1.54, 1.807) is 6.07 Å². The molecule has 1 atom stereocenters. The molecule has 3 heteroatoms. The van der Waals surface area contributed by atoms with Crippen molar-refractivity contribution < 1.29 is 0 Å². The molecule has 2 rings (SSSR count). The van der Waals surface area contributed by atoms with E-state index < -0.39 is 0 Å². The number of nitriles is 2. The topological polar surface area (TPSA) is 59.6 Å². The third-order valence-corrected chi connectivity index (χ3v) is 3.21. The van der Waals surface area contributed by atoms with Gasteiger partial charge in [0.25, 0.3) is 0 Å². The van der Waals surface area contributed by atoms with Gasteiger partial charge in [0.05, 0.1) is 23.3 Å². The highest BCUT2D eigenvalue weighted by Gasteiger charge is 2.05. The van der Waals surface area contributed by atoms with Crippen LogP contribution in [0.3, 0.4) is 0 Å². The van der Waals surface area contributed by atoms with Gasteiger partial charge in [0.15, 0.2) is 0 Å². The Kier molecular flexibility index (Phi) is 4.50. The molecular weight excluding hydrogens is 246 g/mol. The number of rotatable bonds is 4. The second kappa shape index (κ2) is 6.52. The van der Waals surface area contributed by atoms with Gasteiger partial charge in [-0.1, -0.05) is 24.3 Å². The molecule has 0 aliphatic heterocycles. The van der Waals surface area contributed by atoms with E-state index in [0.29, 0.717) is 11.1 Å². The summed E-state index contributed by atoms with van der Waals surface area (Å²) in [7, 11) is 0. The first kappa shape index (κ1) is 13.8. The lowest BCUT2D eigenvalue weighted by atomic mass is 10.1. The second-order valence-corrected chi connectivity index (χ2v) is 4.65. The van der Waals surface area contributed by atoms with Crippen LogP contribution in [0.15, 0.2) is 48.5 Å². The first-order valence-electron chi connectivity index (χ1n) is 6.45. The van der Waals surface area contributed by atoms with Crippen LogP contribution in [-0.4, -0.2) is 0 Å². The summed E-state index contributed by atoms with van der Waals surface area (Å²) in [5.74, 6) is 0. The summed E-state index contributed by atoms with van der Waals surface area (Å²) in [5.41, 5.74) is 3.57. The minimum atomic E-state index is 0.166. The first-order valence-corrected chi connectivity index (χ1v) is 6.45. The van der Waals surface area contributed by atoms with Crippen molar-refractivity contribution in [1.82, 2.24) is 5.32 Å². The molecule has 98 valence electrons. The molecule has 0 aliphatic rings. The summed E-state index contributed by atoms with van der Waals surface area (Å²) in [4.78, 5) is 0. The quantitative estimate of drug-likeness (QED) is 0.918. The molecule has 0 saturated carbocycles. The van der Waals surface area contributed by atoms with Crippen molar-refractivity contribution in [2.45, 2.75) is 19.5 Å². The maximum Gasteiger partial charge on any atom is 0.0991 e. The van der Waals surface area contributed by atoms with E-state index in [1.807, 2.05) is 42.5 Å². The van der Waals surface area contributed by atoms with Crippen molar-refractivity contribution in [3.63, 3.8) is 0 Å². The molecule has 0 amide bonds. The summed E-state index contributed by atoms with van der Waals surface area (Å²) in [5, 5.41) is 21.1. The molecule has 2 aromatic rings. The fraction of sp³-hybridized carbons (Fsp3) is 0.176. The largest absolute Gasteiger partial charge is 0.306 e. The average Bonchev–Trinajstić information content (AvgIpc) is 2.53. The molecular formula is C17H15N3. The van der Waals surface area contributed by atoms with E-state index in [2.05, 4.69) is 24.4 Å². The Balaban J connectivity index is 1.99. The fourth-order valence-electron chi connectivity index (χ4n) is 1.96. The molecule has 0 aromatic heterocycles. The van der Waals surface area contributed by atoms with Gasteiger partial charge in [-0.25, -0.2) is 0 Å². The molecule has 1 unspecified atom stereocenters. The summed E-state index contributed by atoms with van der Waals surface area (Å²) < 4.78 is 0. The average molecular weight is 261 g/mol. The predicted octanol–water partition coefficient (Wildman–Crippen LogP) is 3.28. The van der Waals surface area contributed by atoms with Gasteiger partial charge < -0.3 is 5.32 Å². The molecule has 2 aromatic carbocycles. The number of nitrogens with one attached hydrogen (secondary N) is 1. The highest BCUT2D eigenvalue weighted by atomic mass is 14.9. The van der Waals surface area contributed by atoms with Crippen LogP contribution in [0.2, 0.25) is 0 Å². The Morgan fingerprint density at radius 2 is 1.70 bits per heavy atom. The van der Waals surface area contributed by atoms with Crippen LogP contribution < -0.4 is 5.32 Å². The van der Waals surface area contributed by atoms with Crippen molar-refractivity contribution in [1.29, 1.82) is 10.5 Å². The van der Waals surface area contributed by atoms with Crippen LogP contribution >= 0.6 is 0 Å². The predicted molar refractivity (Wildman–Crippen MR) is 77.6 cm³/mol. The fourth-order valence-corrected chi connectivity index (χ4v) is 1.96. The Morgan fingerprint density at radius 3 is 2.35 bits per heavy atom. The molecule has 20 heavy (non-hydrogen) atoms. The summed E-state index contributed by atoms with van der Waals surface area (Å²) in [6, 6.07) is 19.6. The van der Waals surface area contributed by atoms with Crippen molar-refractivity contribution >= 4 is 0 Å². The Labute approximate surface area is 119 Å². The Bertz CT molecular complexity index is 660.